The lowest BCUT2D eigenvalue weighted by Crippen LogP contribution is -1.86. The monoisotopic (exact) mass is 229 g/mol. The molecule has 0 saturated heterocycles. The lowest BCUT2D eigenvalue weighted by Gasteiger charge is -1.93. The van der Waals surface area contributed by atoms with Gasteiger partial charge in [0, 0.05) is 18.0 Å². The minimum Gasteiger partial charge on any atom is -0.265 e. The number of pyridine rings is 1. The molecule has 0 aliphatic heterocycles. The van der Waals surface area contributed by atoms with Crippen LogP contribution in [0.2, 0.25) is 0 Å². The van der Waals surface area contributed by atoms with Crippen LogP contribution in [0.3, 0.4) is 0 Å². The van der Waals surface area contributed by atoms with Crippen molar-refractivity contribution in [2.45, 2.75) is 19.8 Å². The smallest absolute Gasteiger partial charge is 0.128 e. The van der Waals surface area contributed by atoms with Crippen LogP contribution in [0.25, 0.3) is 10.6 Å². The average Bonchev–Trinajstić information content (AvgIpc) is 2.74. The van der Waals surface area contributed by atoms with Crippen molar-refractivity contribution in [3.8, 4) is 16.6 Å². The largest absolute Gasteiger partial charge is 0.265 e. The highest BCUT2D eigenvalue weighted by Gasteiger charge is 2.11. The van der Waals surface area contributed by atoms with Crippen molar-refractivity contribution in [3.63, 3.8) is 0 Å². The highest BCUT2D eigenvalue weighted by molar-refractivity contribution is 7.15. The molecule has 0 saturated carbocycles. The Morgan fingerprint density at radius 1 is 1.38 bits per heavy atom. The SMILES string of the molecule is CCCc1nc(-c2ccncc2)sc1C#N. The molecular weight excluding hydrogens is 218 g/mol. The lowest BCUT2D eigenvalue weighted by molar-refractivity contribution is 0.890. The number of hydrogen-bond acceptors (Lipinski definition) is 4. The summed E-state index contributed by atoms with van der Waals surface area (Å²) in [5.74, 6) is 0. The van der Waals surface area contributed by atoms with Gasteiger partial charge in [-0.25, -0.2) is 4.98 Å². The van der Waals surface area contributed by atoms with E-state index in [-0.39, 0.29) is 0 Å². The zero-order chi connectivity index (χ0) is 11.4. The molecule has 0 amide bonds. The van der Waals surface area contributed by atoms with Gasteiger partial charge in [-0.15, -0.1) is 11.3 Å². The third-order valence-corrected chi connectivity index (χ3v) is 3.26. The quantitative estimate of drug-likeness (QED) is 0.812. The molecule has 3 nitrogen and oxygen atoms in total. The van der Waals surface area contributed by atoms with Crippen molar-refractivity contribution < 1.29 is 0 Å². The summed E-state index contributed by atoms with van der Waals surface area (Å²) in [4.78, 5) is 9.21. The second-order valence-electron chi connectivity index (χ2n) is 3.39. The number of hydrogen-bond donors (Lipinski definition) is 0. The van der Waals surface area contributed by atoms with Gasteiger partial charge in [0.2, 0.25) is 0 Å². The topological polar surface area (TPSA) is 49.6 Å². The van der Waals surface area contributed by atoms with E-state index in [9.17, 15) is 0 Å². The van der Waals surface area contributed by atoms with Gasteiger partial charge in [-0.3, -0.25) is 4.98 Å². The molecule has 0 unspecified atom stereocenters. The Balaban J connectivity index is 2.41. The number of aromatic nitrogens is 2. The summed E-state index contributed by atoms with van der Waals surface area (Å²) in [5, 5.41) is 9.92. The van der Waals surface area contributed by atoms with Crippen LogP contribution in [-0.4, -0.2) is 9.97 Å². The third kappa shape index (κ3) is 2.10. The van der Waals surface area contributed by atoms with Crippen LogP contribution in [0.1, 0.15) is 23.9 Å². The highest BCUT2D eigenvalue weighted by Crippen LogP contribution is 2.27. The molecule has 0 atom stereocenters. The minimum absolute atomic E-state index is 0.730. The predicted octanol–water partition coefficient (Wildman–Crippen LogP) is 3.03. The first kappa shape index (κ1) is 10.8. The molecule has 0 N–H and O–H groups in total. The summed E-state index contributed by atoms with van der Waals surface area (Å²) >= 11 is 1.45. The summed E-state index contributed by atoms with van der Waals surface area (Å²) in [6.07, 6.45) is 5.35. The Hall–Kier alpha value is -1.73. The Morgan fingerprint density at radius 2 is 2.12 bits per heavy atom. The molecule has 0 bridgehead atoms. The molecule has 80 valence electrons. The van der Waals surface area contributed by atoms with Crippen LogP contribution in [0.4, 0.5) is 0 Å². The minimum atomic E-state index is 0.730. The second-order valence-corrected chi connectivity index (χ2v) is 4.39. The summed E-state index contributed by atoms with van der Waals surface area (Å²) < 4.78 is 0. The average molecular weight is 229 g/mol. The fraction of sp³-hybridized carbons (Fsp3) is 0.250. The number of thiazole rings is 1. The van der Waals surface area contributed by atoms with Crippen LogP contribution in [0, 0.1) is 11.3 Å². The van der Waals surface area contributed by atoms with E-state index < -0.39 is 0 Å². The fourth-order valence-corrected chi connectivity index (χ4v) is 2.38. The van der Waals surface area contributed by atoms with Gasteiger partial charge in [-0.2, -0.15) is 5.26 Å². The van der Waals surface area contributed by atoms with Gasteiger partial charge in [0.25, 0.3) is 0 Å². The van der Waals surface area contributed by atoms with E-state index in [1.807, 2.05) is 12.1 Å². The molecule has 0 radical (unpaired) electrons. The first-order chi connectivity index (χ1) is 7.85. The van der Waals surface area contributed by atoms with E-state index in [4.69, 9.17) is 5.26 Å². The summed E-state index contributed by atoms with van der Waals surface area (Å²) in [6, 6.07) is 6.04. The normalized spacial score (nSPS) is 10.0. The Morgan fingerprint density at radius 3 is 2.75 bits per heavy atom. The molecule has 2 aromatic heterocycles. The van der Waals surface area contributed by atoms with Gasteiger partial charge in [-0.05, 0) is 18.6 Å². The molecule has 0 aliphatic rings. The first-order valence-corrected chi connectivity index (χ1v) is 5.97. The van der Waals surface area contributed by atoms with Crippen LogP contribution in [0.15, 0.2) is 24.5 Å². The summed E-state index contributed by atoms with van der Waals surface area (Å²) in [6.45, 7) is 2.09. The molecule has 0 spiro atoms. The van der Waals surface area contributed by atoms with Crippen LogP contribution in [0.5, 0.6) is 0 Å². The van der Waals surface area contributed by atoms with E-state index in [0.717, 1.165) is 34.0 Å². The third-order valence-electron chi connectivity index (χ3n) is 2.21. The van der Waals surface area contributed by atoms with E-state index in [0.29, 0.717) is 0 Å². The lowest BCUT2D eigenvalue weighted by atomic mass is 10.2. The van der Waals surface area contributed by atoms with E-state index >= 15 is 0 Å². The second kappa shape index (κ2) is 4.86. The predicted molar refractivity (Wildman–Crippen MR) is 64.1 cm³/mol. The van der Waals surface area contributed by atoms with Gasteiger partial charge in [0.15, 0.2) is 0 Å². The Labute approximate surface area is 98.4 Å². The summed E-state index contributed by atoms with van der Waals surface area (Å²) in [7, 11) is 0. The zero-order valence-electron chi connectivity index (χ0n) is 8.97. The van der Waals surface area contributed by atoms with Crippen molar-refractivity contribution >= 4 is 11.3 Å². The molecule has 16 heavy (non-hydrogen) atoms. The number of aryl methyl sites for hydroxylation is 1. The van der Waals surface area contributed by atoms with Crippen LogP contribution < -0.4 is 0 Å². The highest BCUT2D eigenvalue weighted by atomic mass is 32.1. The van der Waals surface area contributed by atoms with E-state index in [1.54, 1.807) is 12.4 Å². The Bertz CT molecular complexity index is 511. The number of rotatable bonds is 3. The molecule has 0 aliphatic carbocycles. The van der Waals surface area contributed by atoms with Crippen molar-refractivity contribution in [1.29, 1.82) is 5.26 Å². The van der Waals surface area contributed by atoms with Gasteiger partial charge < -0.3 is 0 Å². The van der Waals surface area contributed by atoms with Gasteiger partial charge in [0.1, 0.15) is 16.0 Å². The molecular formula is C12H11N3S. The number of nitrogens with zero attached hydrogens (tertiary/aromatic N) is 3. The molecule has 0 fully saturated rings. The van der Waals surface area contributed by atoms with Crippen LogP contribution in [-0.2, 0) is 6.42 Å². The van der Waals surface area contributed by atoms with E-state index in [2.05, 4.69) is 23.0 Å². The summed E-state index contributed by atoms with van der Waals surface area (Å²) in [5.41, 5.74) is 1.95. The van der Waals surface area contributed by atoms with Crippen LogP contribution >= 0.6 is 11.3 Å². The fourth-order valence-electron chi connectivity index (χ4n) is 1.46. The maximum atomic E-state index is 9.01. The van der Waals surface area contributed by atoms with Crippen molar-refractivity contribution in [2.75, 3.05) is 0 Å². The maximum absolute atomic E-state index is 9.01. The molecule has 0 aromatic carbocycles. The van der Waals surface area contributed by atoms with Gasteiger partial charge in [0.05, 0.1) is 5.69 Å². The maximum Gasteiger partial charge on any atom is 0.128 e. The first-order valence-electron chi connectivity index (χ1n) is 5.15. The van der Waals surface area contributed by atoms with Crippen molar-refractivity contribution in [2.24, 2.45) is 0 Å². The molecule has 4 heteroatoms. The molecule has 2 aromatic rings. The van der Waals surface area contributed by atoms with Gasteiger partial charge in [-0.1, -0.05) is 13.3 Å². The van der Waals surface area contributed by atoms with Crippen molar-refractivity contribution in [1.82, 2.24) is 9.97 Å². The molecule has 2 heterocycles. The standard InChI is InChI=1S/C12H11N3S/c1-2-3-10-11(8-13)16-12(15-10)9-4-6-14-7-5-9/h4-7H,2-3H2,1H3. The Kier molecular flexibility index (Phi) is 3.28. The van der Waals surface area contributed by atoms with E-state index in [1.165, 1.54) is 11.3 Å². The zero-order valence-corrected chi connectivity index (χ0v) is 9.79. The van der Waals surface area contributed by atoms with Crippen molar-refractivity contribution in [3.05, 3.63) is 35.1 Å². The molecule has 2 rings (SSSR count). The number of nitriles is 1. The van der Waals surface area contributed by atoms with Gasteiger partial charge >= 0.3 is 0 Å².